The van der Waals surface area contributed by atoms with Crippen LogP contribution in [0.5, 0.6) is 6.01 Å². The van der Waals surface area contributed by atoms with E-state index in [1.54, 1.807) is 6.20 Å². The highest BCUT2D eigenvalue weighted by atomic mass is 35.5. The average Bonchev–Trinajstić information content (AvgIpc) is 3.36. The highest BCUT2D eigenvalue weighted by molar-refractivity contribution is 6.30. The number of hydrogen-bond acceptors (Lipinski definition) is 6. The molecule has 1 aliphatic carbocycles. The molecule has 4 atom stereocenters. The smallest absolute Gasteiger partial charge is 0.319 e. The Hall–Kier alpha value is -1.80. The minimum atomic E-state index is -0.830. The summed E-state index contributed by atoms with van der Waals surface area (Å²) in [4.78, 5) is 17.6. The standard InChI is InChI=1S/C22H26ClF2N5O/c23-19-17(25)18-15(10-26-19)20(30-7-2-1-4-13-8-16(13)30)28-21(27-18)31-12-22-5-3-6-29(22)11-14(24)9-22/h10,13-14,16H,1-9,11-12H2/t13?,14-,16?,22+/m1/s1. The fourth-order valence-electron chi connectivity index (χ4n) is 5.97. The summed E-state index contributed by atoms with van der Waals surface area (Å²) in [6.07, 6.45) is 7.77. The van der Waals surface area contributed by atoms with Crippen molar-refractivity contribution in [3.05, 3.63) is 17.2 Å². The van der Waals surface area contributed by atoms with Crippen LogP contribution in [0.4, 0.5) is 14.6 Å². The van der Waals surface area contributed by atoms with E-state index in [2.05, 4.69) is 19.8 Å². The van der Waals surface area contributed by atoms with Crippen molar-refractivity contribution in [1.29, 1.82) is 0 Å². The molecular weight excluding hydrogens is 424 g/mol. The Morgan fingerprint density at radius 2 is 2.13 bits per heavy atom. The van der Waals surface area contributed by atoms with Gasteiger partial charge in [-0.1, -0.05) is 18.0 Å². The molecule has 2 unspecified atom stereocenters. The van der Waals surface area contributed by atoms with Crippen molar-refractivity contribution >= 4 is 28.3 Å². The number of hydrogen-bond donors (Lipinski definition) is 0. The summed E-state index contributed by atoms with van der Waals surface area (Å²) in [5.41, 5.74) is -0.173. The fraction of sp³-hybridized carbons (Fsp3) is 0.682. The van der Waals surface area contributed by atoms with Gasteiger partial charge < -0.3 is 9.64 Å². The Balaban J connectivity index is 1.37. The van der Waals surface area contributed by atoms with E-state index in [0.29, 0.717) is 42.7 Å². The van der Waals surface area contributed by atoms with Crippen molar-refractivity contribution in [1.82, 2.24) is 19.9 Å². The molecule has 166 valence electrons. The van der Waals surface area contributed by atoms with Gasteiger partial charge in [-0.2, -0.15) is 9.97 Å². The monoisotopic (exact) mass is 449 g/mol. The molecule has 6 nitrogen and oxygen atoms in total. The van der Waals surface area contributed by atoms with Crippen LogP contribution in [0.2, 0.25) is 5.15 Å². The van der Waals surface area contributed by atoms with Gasteiger partial charge in [-0.25, -0.2) is 13.8 Å². The molecule has 5 heterocycles. The van der Waals surface area contributed by atoms with Crippen molar-refractivity contribution in [2.45, 2.75) is 62.7 Å². The van der Waals surface area contributed by atoms with Crippen LogP contribution in [0.3, 0.4) is 0 Å². The molecule has 3 aliphatic heterocycles. The first-order valence-electron chi connectivity index (χ1n) is 11.3. The van der Waals surface area contributed by atoms with Crippen LogP contribution < -0.4 is 9.64 Å². The van der Waals surface area contributed by atoms with E-state index in [0.717, 1.165) is 38.8 Å². The van der Waals surface area contributed by atoms with Gasteiger partial charge in [0, 0.05) is 31.7 Å². The maximum atomic E-state index is 14.9. The number of nitrogens with zero attached hydrogens (tertiary/aromatic N) is 5. The summed E-state index contributed by atoms with van der Waals surface area (Å²) >= 11 is 5.96. The second kappa shape index (κ2) is 7.37. The zero-order valence-corrected chi connectivity index (χ0v) is 18.1. The number of rotatable bonds is 4. The minimum absolute atomic E-state index is 0.133. The molecule has 1 saturated carbocycles. The van der Waals surface area contributed by atoms with Crippen molar-refractivity contribution < 1.29 is 13.5 Å². The lowest BCUT2D eigenvalue weighted by molar-refractivity contribution is 0.107. The van der Waals surface area contributed by atoms with Crippen LogP contribution in [0.15, 0.2) is 6.20 Å². The zero-order chi connectivity index (χ0) is 21.2. The van der Waals surface area contributed by atoms with Crippen molar-refractivity contribution in [3.8, 4) is 6.01 Å². The number of pyridine rings is 1. The number of ether oxygens (including phenoxy) is 1. The molecule has 2 aromatic rings. The van der Waals surface area contributed by atoms with Crippen molar-refractivity contribution in [3.63, 3.8) is 0 Å². The highest BCUT2D eigenvalue weighted by Crippen LogP contribution is 2.45. The highest BCUT2D eigenvalue weighted by Gasteiger charge is 2.49. The SMILES string of the molecule is Fc1c(Cl)ncc2c(N3CCCCC4CC43)nc(OC[C@@]34CCCN3C[C@H](F)C4)nc12. The molecular formula is C22H26ClF2N5O. The van der Waals surface area contributed by atoms with E-state index in [-0.39, 0.29) is 22.2 Å². The first-order valence-corrected chi connectivity index (χ1v) is 11.7. The maximum Gasteiger partial charge on any atom is 0.319 e. The predicted octanol–water partition coefficient (Wildman–Crippen LogP) is 4.15. The number of anilines is 1. The maximum absolute atomic E-state index is 14.9. The van der Waals surface area contributed by atoms with E-state index >= 15 is 0 Å². The largest absolute Gasteiger partial charge is 0.461 e. The lowest BCUT2D eigenvalue weighted by atomic mass is 9.95. The molecule has 31 heavy (non-hydrogen) atoms. The van der Waals surface area contributed by atoms with Crippen LogP contribution in [0, 0.1) is 11.7 Å². The van der Waals surface area contributed by atoms with Gasteiger partial charge in [0.05, 0.1) is 10.9 Å². The van der Waals surface area contributed by atoms with E-state index in [4.69, 9.17) is 21.3 Å². The molecule has 0 amide bonds. The average molecular weight is 450 g/mol. The summed E-state index contributed by atoms with van der Waals surface area (Å²) in [5, 5.41) is 0.354. The molecule has 0 bridgehead atoms. The summed E-state index contributed by atoms with van der Waals surface area (Å²) < 4.78 is 35.1. The third-order valence-electron chi connectivity index (χ3n) is 7.61. The van der Waals surface area contributed by atoms with E-state index in [9.17, 15) is 8.78 Å². The van der Waals surface area contributed by atoms with Crippen LogP contribution in [-0.2, 0) is 0 Å². The summed E-state index contributed by atoms with van der Waals surface area (Å²) in [5.74, 6) is 0.695. The number of fused-ring (bicyclic) bond motifs is 3. The molecule has 3 saturated heterocycles. The molecule has 9 heteroatoms. The van der Waals surface area contributed by atoms with Crippen molar-refractivity contribution in [2.24, 2.45) is 5.92 Å². The summed E-state index contributed by atoms with van der Waals surface area (Å²) in [7, 11) is 0. The topological polar surface area (TPSA) is 54.4 Å². The van der Waals surface area contributed by atoms with Gasteiger partial charge in [0.25, 0.3) is 0 Å². The van der Waals surface area contributed by atoms with Crippen LogP contribution >= 0.6 is 11.6 Å². The molecule has 2 aromatic heterocycles. The van der Waals surface area contributed by atoms with Crippen LogP contribution in [0.25, 0.3) is 10.9 Å². The molecule has 4 aliphatic rings. The fourth-order valence-corrected chi connectivity index (χ4v) is 6.11. The molecule has 0 radical (unpaired) electrons. The van der Waals surface area contributed by atoms with Gasteiger partial charge in [-0.3, -0.25) is 4.90 Å². The van der Waals surface area contributed by atoms with Gasteiger partial charge in [0.2, 0.25) is 0 Å². The Morgan fingerprint density at radius 1 is 1.23 bits per heavy atom. The van der Waals surface area contributed by atoms with Gasteiger partial charge in [-0.15, -0.1) is 0 Å². The van der Waals surface area contributed by atoms with Crippen LogP contribution in [0.1, 0.15) is 44.9 Å². The second-order valence-corrected chi connectivity index (χ2v) is 9.93. The third-order valence-corrected chi connectivity index (χ3v) is 7.88. The zero-order valence-electron chi connectivity index (χ0n) is 17.4. The number of alkyl halides is 1. The number of halogens is 3. The molecule has 0 aromatic carbocycles. The first kappa shape index (κ1) is 19.9. The van der Waals surface area contributed by atoms with E-state index in [1.165, 1.54) is 12.8 Å². The third kappa shape index (κ3) is 3.33. The normalized spacial score (nSPS) is 32.7. The van der Waals surface area contributed by atoms with E-state index in [1.807, 2.05) is 0 Å². The lowest BCUT2D eigenvalue weighted by Crippen LogP contribution is -2.43. The van der Waals surface area contributed by atoms with Gasteiger partial charge in [0.1, 0.15) is 24.1 Å². The molecule has 0 N–H and O–H groups in total. The van der Waals surface area contributed by atoms with E-state index < -0.39 is 12.0 Å². The van der Waals surface area contributed by atoms with Gasteiger partial charge in [0.15, 0.2) is 11.0 Å². The minimum Gasteiger partial charge on any atom is -0.461 e. The molecule has 6 rings (SSSR count). The summed E-state index contributed by atoms with van der Waals surface area (Å²) in [6.45, 7) is 2.53. The number of aromatic nitrogens is 3. The summed E-state index contributed by atoms with van der Waals surface area (Å²) in [6, 6.07) is 0.562. The Morgan fingerprint density at radius 3 is 3.03 bits per heavy atom. The van der Waals surface area contributed by atoms with Crippen LogP contribution in [-0.4, -0.2) is 63.8 Å². The molecule has 0 spiro atoms. The van der Waals surface area contributed by atoms with Gasteiger partial charge >= 0.3 is 6.01 Å². The van der Waals surface area contributed by atoms with Crippen molar-refractivity contribution in [2.75, 3.05) is 31.1 Å². The quantitative estimate of drug-likeness (QED) is 0.653. The Bertz CT molecular complexity index is 1030. The predicted molar refractivity (Wildman–Crippen MR) is 114 cm³/mol. The second-order valence-electron chi connectivity index (χ2n) is 9.57. The Labute approximate surface area is 184 Å². The lowest BCUT2D eigenvalue weighted by Gasteiger charge is -2.31. The van der Waals surface area contributed by atoms with Gasteiger partial charge in [-0.05, 0) is 44.6 Å². The Kier molecular flexibility index (Phi) is 4.72. The molecule has 4 fully saturated rings. The first-order chi connectivity index (χ1) is 15.0.